The van der Waals surface area contributed by atoms with Crippen molar-refractivity contribution in [3.63, 3.8) is 0 Å². The number of hydrogen-bond acceptors (Lipinski definition) is 3. The number of amides is 1. The average Bonchev–Trinajstić information content (AvgIpc) is 2.36. The molecule has 0 atom stereocenters. The quantitative estimate of drug-likeness (QED) is 0.786. The van der Waals surface area contributed by atoms with Crippen molar-refractivity contribution >= 4 is 5.91 Å². The lowest BCUT2D eigenvalue weighted by Gasteiger charge is -2.37. The Bertz CT molecular complexity index is 448. The Morgan fingerprint density at radius 1 is 1.45 bits per heavy atom. The predicted octanol–water partition coefficient (Wildman–Crippen LogP) is 1.13. The van der Waals surface area contributed by atoms with Crippen LogP contribution in [0, 0.1) is 5.82 Å². The Morgan fingerprint density at radius 3 is 2.80 bits per heavy atom. The highest BCUT2D eigenvalue weighted by Gasteiger charge is 2.25. The molecule has 20 heavy (non-hydrogen) atoms. The molecule has 1 aliphatic rings. The van der Waals surface area contributed by atoms with Gasteiger partial charge in [0.15, 0.2) is 0 Å². The summed E-state index contributed by atoms with van der Waals surface area (Å²) in [7, 11) is 0. The third kappa shape index (κ3) is 4.02. The summed E-state index contributed by atoms with van der Waals surface area (Å²) in [5, 5.41) is 6.01. The monoisotopic (exact) mass is 279 g/mol. The lowest BCUT2D eigenvalue weighted by Crippen LogP contribution is -2.59. The molecule has 4 nitrogen and oxygen atoms in total. The maximum Gasteiger partial charge on any atom is 0.234 e. The van der Waals surface area contributed by atoms with Crippen LogP contribution in [0.15, 0.2) is 24.3 Å². The molecular weight excluding hydrogens is 257 g/mol. The van der Waals surface area contributed by atoms with Gasteiger partial charge in [-0.15, -0.1) is 0 Å². The summed E-state index contributed by atoms with van der Waals surface area (Å²) in [6.45, 7) is 5.54. The Kier molecular flexibility index (Phi) is 5.49. The Morgan fingerprint density at radius 2 is 2.20 bits per heavy atom. The smallest absolute Gasteiger partial charge is 0.234 e. The molecule has 2 N–H and O–H groups in total. The SMILES string of the molecule is CCCN(CC(=O)NCc1ccccc1F)C1CNC1. The minimum absolute atomic E-state index is 0.0476. The molecule has 1 aliphatic heterocycles. The Hall–Kier alpha value is -1.46. The highest BCUT2D eigenvalue weighted by molar-refractivity contribution is 5.78. The van der Waals surface area contributed by atoms with Gasteiger partial charge in [-0.25, -0.2) is 4.39 Å². The maximum atomic E-state index is 13.4. The van der Waals surface area contributed by atoms with Crippen LogP contribution in [0.4, 0.5) is 4.39 Å². The van der Waals surface area contributed by atoms with Gasteiger partial charge >= 0.3 is 0 Å². The van der Waals surface area contributed by atoms with Crippen molar-refractivity contribution in [1.82, 2.24) is 15.5 Å². The molecule has 110 valence electrons. The number of nitrogens with one attached hydrogen (secondary N) is 2. The molecular formula is C15H22FN3O. The molecule has 0 spiro atoms. The van der Waals surface area contributed by atoms with Gasteiger partial charge in [0.25, 0.3) is 0 Å². The lowest BCUT2D eigenvalue weighted by molar-refractivity contribution is -0.123. The first-order valence-corrected chi connectivity index (χ1v) is 7.15. The minimum atomic E-state index is -0.276. The van der Waals surface area contributed by atoms with Gasteiger partial charge in [0.1, 0.15) is 5.82 Å². The normalized spacial score (nSPS) is 15.2. The third-order valence-corrected chi connectivity index (χ3v) is 3.57. The van der Waals surface area contributed by atoms with Crippen molar-refractivity contribution in [2.75, 3.05) is 26.2 Å². The average molecular weight is 279 g/mol. The van der Waals surface area contributed by atoms with Crippen LogP contribution >= 0.6 is 0 Å². The van der Waals surface area contributed by atoms with E-state index in [-0.39, 0.29) is 18.3 Å². The summed E-state index contributed by atoms with van der Waals surface area (Å²) in [5.74, 6) is -0.324. The molecule has 0 bridgehead atoms. The van der Waals surface area contributed by atoms with Crippen LogP contribution < -0.4 is 10.6 Å². The summed E-state index contributed by atoms with van der Waals surface area (Å²) >= 11 is 0. The molecule has 0 saturated carbocycles. The van der Waals surface area contributed by atoms with Crippen LogP contribution in [-0.2, 0) is 11.3 Å². The second-order valence-corrected chi connectivity index (χ2v) is 5.15. The number of carbonyl (C=O) groups excluding carboxylic acids is 1. The molecule has 0 radical (unpaired) electrons. The van der Waals surface area contributed by atoms with Crippen LogP contribution in [0.5, 0.6) is 0 Å². The summed E-state index contributed by atoms with van der Waals surface area (Å²) < 4.78 is 13.4. The van der Waals surface area contributed by atoms with Gasteiger partial charge in [0.2, 0.25) is 5.91 Å². The number of hydrogen-bond donors (Lipinski definition) is 2. The molecule has 0 aliphatic carbocycles. The third-order valence-electron chi connectivity index (χ3n) is 3.57. The first-order valence-electron chi connectivity index (χ1n) is 7.15. The van der Waals surface area contributed by atoms with Gasteiger partial charge in [-0.3, -0.25) is 9.69 Å². The van der Waals surface area contributed by atoms with Gasteiger partial charge < -0.3 is 10.6 Å². The lowest BCUT2D eigenvalue weighted by atomic mass is 10.1. The molecule has 1 heterocycles. The van der Waals surface area contributed by atoms with Crippen LogP contribution in [-0.4, -0.2) is 43.0 Å². The fourth-order valence-electron chi connectivity index (χ4n) is 2.29. The van der Waals surface area contributed by atoms with Crippen molar-refractivity contribution in [3.8, 4) is 0 Å². The second-order valence-electron chi connectivity index (χ2n) is 5.15. The minimum Gasteiger partial charge on any atom is -0.351 e. The van der Waals surface area contributed by atoms with E-state index in [9.17, 15) is 9.18 Å². The van der Waals surface area contributed by atoms with Crippen LogP contribution in [0.1, 0.15) is 18.9 Å². The van der Waals surface area contributed by atoms with Crippen molar-refractivity contribution in [2.24, 2.45) is 0 Å². The second kappa shape index (κ2) is 7.36. The number of halogens is 1. The number of carbonyl (C=O) groups is 1. The van der Waals surface area contributed by atoms with E-state index in [1.54, 1.807) is 18.2 Å². The maximum absolute atomic E-state index is 13.4. The van der Waals surface area contributed by atoms with Crippen LogP contribution in [0.3, 0.4) is 0 Å². The summed E-state index contributed by atoms with van der Waals surface area (Å²) in [6, 6.07) is 6.97. The van der Waals surface area contributed by atoms with E-state index in [1.165, 1.54) is 6.07 Å². The standard InChI is InChI=1S/C15H22FN3O/c1-2-7-19(13-9-17-10-13)11-15(20)18-8-12-5-3-4-6-14(12)16/h3-6,13,17H,2,7-11H2,1H3,(H,18,20). The van der Waals surface area contributed by atoms with E-state index < -0.39 is 0 Å². The van der Waals surface area contributed by atoms with E-state index in [1.807, 2.05) is 0 Å². The predicted molar refractivity (Wildman–Crippen MR) is 76.8 cm³/mol. The van der Waals surface area contributed by atoms with Gasteiger partial charge in [-0.1, -0.05) is 25.1 Å². The molecule has 1 amide bonds. The van der Waals surface area contributed by atoms with Gasteiger partial charge in [0.05, 0.1) is 6.54 Å². The number of benzene rings is 1. The fraction of sp³-hybridized carbons (Fsp3) is 0.533. The zero-order valence-corrected chi connectivity index (χ0v) is 11.9. The van der Waals surface area contributed by atoms with Crippen molar-refractivity contribution in [3.05, 3.63) is 35.6 Å². The van der Waals surface area contributed by atoms with Crippen LogP contribution in [0.25, 0.3) is 0 Å². The zero-order valence-electron chi connectivity index (χ0n) is 11.9. The van der Waals surface area contributed by atoms with E-state index in [0.29, 0.717) is 18.2 Å². The van der Waals surface area contributed by atoms with E-state index in [4.69, 9.17) is 0 Å². The van der Waals surface area contributed by atoms with Gasteiger partial charge in [-0.2, -0.15) is 0 Å². The van der Waals surface area contributed by atoms with E-state index >= 15 is 0 Å². The van der Waals surface area contributed by atoms with Crippen LogP contribution in [0.2, 0.25) is 0 Å². The van der Waals surface area contributed by atoms with Crippen molar-refractivity contribution in [1.29, 1.82) is 0 Å². The van der Waals surface area contributed by atoms with Crippen molar-refractivity contribution < 1.29 is 9.18 Å². The summed E-state index contributed by atoms with van der Waals surface area (Å²) in [5.41, 5.74) is 0.521. The number of nitrogens with zero attached hydrogens (tertiary/aromatic N) is 1. The first kappa shape index (κ1) is 14.9. The molecule has 1 aromatic carbocycles. The highest BCUT2D eigenvalue weighted by Crippen LogP contribution is 2.07. The largest absolute Gasteiger partial charge is 0.351 e. The molecule has 1 saturated heterocycles. The Balaban J connectivity index is 1.80. The summed E-state index contributed by atoms with van der Waals surface area (Å²) in [4.78, 5) is 14.1. The highest BCUT2D eigenvalue weighted by atomic mass is 19.1. The fourth-order valence-corrected chi connectivity index (χ4v) is 2.29. The topological polar surface area (TPSA) is 44.4 Å². The zero-order chi connectivity index (χ0) is 14.4. The molecule has 0 aromatic heterocycles. The number of rotatable bonds is 7. The molecule has 1 aromatic rings. The summed E-state index contributed by atoms with van der Waals surface area (Å²) in [6.07, 6.45) is 1.02. The molecule has 2 rings (SSSR count). The van der Waals surface area contributed by atoms with Gasteiger partial charge in [-0.05, 0) is 19.0 Å². The van der Waals surface area contributed by atoms with Gasteiger partial charge in [0, 0.05) is 31.2 Å². The molecule has 1 fully saturated rings. The molecule has 5 heteroatoms. The van der Waals surface area contributed by atoms with E-state index in [0.717, 1.165) is 26.1 Å². The van der Waals surface area contributed by atoms with E-state index in [2.05, 4.69) is 22.5 Å². The van der Waals surface area contributed by atoms with Crippen molar-refractivity contribution in [2.45, 2.75) is 25.9 Å². The molecule has 0 unspecified atom stereocenters. The first-order chi connectivity index (χ1) is 9.70. The Labute approximate surface area is 119 Å².